The Morgan fingerprint density at radius 3 is 2.86 bits per heavy atom. The van der Waals surface area contributed by atoms with Gasteiger partial charge in [0.15, 0.2) is 0 Å². The highest BCUT2D eigenvalue weighted by Gasteiger charge is 2.35. The van der Waals surface area contributed by atoms with E-state index in [0.29, 0.717) is 6.61 Å². The number of hydrogen-bond acceptors (Lipinski definition) is 4. The summed E-state index contributed by atoms with van der Waals surface area (Å²) in [6, 6.07) is 0. The van der Waals surface area contributed by atoms with Gasteiger partial charge in [-0.2, -0.15) is 0 Å². The fourth-order valence-electron chi connectivity index (χ4n) is 1.39. The number of thioether (sulfide) groups is 1. The van der Waals surface area contributed by atoms with E-state index in [9.17, 15) is 4.57 Å². The summed E-state index contributed by atoms with van der Waals surface area (Å²) in [5.41, 5.74) is 0. The van der Waals surface area contributed by atoms with Crippen LogP contribution in [0.25, 0.3) is 0 Å². The van der Waals surface area contributed by atoms with Crippen molar-refractivity contribution in [3.05, 3.63) is 10.7 Å². The summed E-state index contributed by atoms with van der Waals surface area (Å²) in [5.74, 6) is 1.67. The summed E-state index contributed by atoms with van der Waals surface area (Å²) >= 11 is 1.59. The zero-order chi connectivity index (χ0) is 10.6. The summed E-state index contributed by atoms with van der Waals surface area (Å²) in [6.45, 7) is 4.34. The molecule has 5 heteroatoms. The first-order chi connectivity index (χ1) is 6.65. The van der Waals surface area contributed by atoms with Crippen molar-refractivity contribution in [1.29, 1.82) is 0 Å². The predicted molar refractivity (Wildman–Crippen MR) is 60.6 cm³/mol. The Morgan fingerprint density at radius 2 is 2.36 bits per heavy atom. The fourth-order valence-corrected chi connectivity index (χ4v) is 4.30. The van der Waals surface area contributed by atoms with Crippen LogP contribution >= 0.6 is 19.4 Å². The van der Waals surface area contributed by atoms with Gasteiger partial charge in [-0.3, -0.25) is 9.09 Å². The average molecular weight is 236 g/mol. The van der Waals surface area contributed by atoms with Crippen LogP contribution in [-0.4, -0.2) is 19.0 Å². The van der Waals surface area contributed by atoms with Crippen LogP contribution in [-0.2, 0) is 13.6 Å². The molecule has 0 aromatic rings. The van der Waals surface area contributed by atoms with Crippen molar-refractivity contribution in [3.63, 3.8) is 0 Å². The van der Waals surface area contributed by atoms with Crippen LogP contribution in [0, 0.1) is 0 Å². The Balaban J connectivity index is 2.71. The molecule has 14 heavy (non-hydrogen) atoms. The molecule has 0 amide bonds. The maximum atomic E-state index is 11.9. The van der Waals surface area contributed by atoms with Crippen molar-refractivity contribution >= 4 is 19.4 Å². The van der Waals surface area contributed by atoms with Crippen molar-refractivity contribution < 1.29 is 13.6 Å². The SMILES string of the molecule is CCCC1OP(=O)(OCC)C=C1SC. The predicted octanol–water partition coefficient (Wildman–Crippen LogP) is 3.62. The van der Waals surface area contributed by atoms with Crippen molar-refractivity contribution in [1.82, 2.24) is 0 Å². The van der Waals surface area contributed by atoms with E-state index in [-0.39, 0.29) is 6.10 Å². The normalized spacial score (nSPS) is 31.9. The third-order valence-electron chi connectivity index (χ3n) is 1.97. The first-order valence-electron chi connectivity index (χ1n) is 4.84. The van der Waals surface area contributed by atoms with Gasteiger partial charge in [-0.1, -0.05) is 13.3 Å². The molecule has 1 aliphatic heterocycles. The van der Waals surface area contributed by atoms with E-state index >= 15 is 0 Å². The van der Waals surface area contributed by atoms with Crippen molar-refractivity contribution in [2.45, 2.75) is 32.8 Å². The highest BCUT2D eigenvalue weighted by Crippen LogP contribution is 2.59. The maximum absolute atomic E-state index is 11.9. The molecule has 1 rings (SSSR count). The third-order valence-corrected chi connectivity index (χ3v) is 4.76. The molecule has 82 valence electrons. The smallest absolute Gasteiger partial charge is 0.306 e. The van der Waals surface area contributed by atoms with Crippen molar-refractivity contribution in [2.24, 2.45) is 0 Å². The molecule has 0 aliphatic carbocycles. The topological polar surface area (TPSA) is 35.5 Å². The maximum Gasteiger partial charge on any atom is 0.355 e. The van der Waals surface area contributed by atoms with Crippen LogP contribution in [0.2, 0.25) is 0 Å². The summed E-state index contributed by atoms with van der Waals surface area (Å²) in [4.78, 5) is 1.05. The van der Waals surface area contributed by atoms with Gasteiger partial charge in [-0.15, -0.1) is 11.8 Å². The van der Waals surface area contributed by atoms with Gasteiger partial charge in [0.05, 0.1) is 12.7 Å². The van der Waals surface area contributed by atoms with Gasteiger partial charge in [0.2, 0.25) is 0 Å². The van der Waals surface area contributed by atoms with Crippen molar-refractivity contribution in [3.8, 4) is 0 Å². The van der Waals surface area contributed by atoms with Crippen LogP contribution in [0.3, 0.4) is 0 Å². The second kappa shape index (κ2) is 5.36. The Hall–Kier alpha value is 0.240. The zero-order valence-electron chi connectivity index (χ0n) is 8.86. The van der Waals surface area contributed by atoms with Crippen molar-refractivity contribution in [2.75, 3.05) is 12.9 Å². The number of hydrogen-bond donors (Lipinski definition) is 0. The molecule has 0 bridgehead atoms. The first-order valence-corrected chi connectivity index (χ1v) is 7.68. The van der Waals surface area contributed by atoms with Gasteiger partial charge in [0.25, 0.3) is 0 Å². The molecule has 0 saturated heterocycles. The molecule has 0 spiro atoms. The molecule has 0 radical (unpaired) electrons. The van der Waals surface area contributed by atoms with E-state index in [2.05, 4.69) is 6.92 Å². The molecule has 0 saturated carbocycles. The lowest BCUT2D eigenvalue weighted by atomic mass is 10.2. The largest absolute Gasteiger partial charge is 0.355 e. The van der Waals surface area contributed by atoms with Crippen LogP contribution in [0.5, 0.6) is 0 Å². The minimum atomic E-state index is -2.91. The van der Waals surface area contributed by atoms with Gasteiger partial charge >= 0.3 is 7.60 Å². The Labute approximate surface area is 89.8 Å². The zero-order valence-corrected chi connectivity index (χ0v) is 10.6. The number of rotatable bonds is 5. The van der Waals surface area contributed by atoms with Gasteiger partial charge in [-0.05, 0) is 19.6 Å². The van der Waals surface area contributed by atoms with Crippen LogP contribution in [0.15, 0.2) is 10.7 Å². The van der Waals surface area contributed by atoms with E-state index in [4.69, 9.17) is 9.05 Å². The van der Waals surface area contributed by atoms with E-state index in [1.54, 1.807) is 17.6 Å². The summed E-state index contributed by atoms with van der Waals surface area (Å²) in [6.07, 6.45) is 3.88. The van der Waals surface area contributed by atoms with Gasteiger partial charge in [0.1, 0.15) is 0 Å². The molecule has 1 heterocycles. The molecule has 0 aromatic heterocycles. The molecule has 0 N–H and O–H groups in total. The molecule has 2 atom stereocenters. The molecule has 2 unspecified atom stereocenters. The first kappa shape index (κ1) is 12.3. The summed E-state index contributed by atoms with van der Waals surface area (Å²) in [5, 5.41) is 0. The minimum absolute atomic E-state index is 0.0209. The standard InChI is InChI=1S/C9H17O3PS/c1-4-6-8-9(14-3)7-13(10,12-8)11-5-2/h7-8H,4-6H2,1-3H3. The second-order valence-electron chi connectivity index (χ2n) is 3.08. The quantitative estimate of drug-likeness (QED) is 0.683. The lowest BCUT2D eigenvalue weighted by Crippen LogP contribution is -2.06. The van der Waals surface area contributed by atoms with Crippen LogP contribution in [0.1, 0.15) is 26.7 Å². The molecule has 0 fully saturated rings. The Bertz CT molecular complexity index is 265. The van der Waals surface area contributed by atoms with Gasteiger partial charge in [-0.25, -0.2) is 0 Å². The van der Waals surface area contributed by atoms with Crippen LogP contribution < -0.4 is 0 Å². The third kappa shape index (κ3) is 2.86. The summed E-state index contributed by atoms with van der Waals surface area (Å²) in [7, 11) is -2.91. The van der Waals surface area contributed by atoms with E-state index in [1.165, 1.54) is 0 Å². The molecule has 3 nitrogen and oxygen atoms in total. The molecular formula is C9H17O3PS. The monoisotopic (exact) mass is 236 g/mol. The fraction of sp³-hybridized carbons (Fsp3) is 0.778. The highest BCUT2D eigenvalue weighted by atomic mass is 32.2. The van der Waals surface area contributed by atoms with E-state index in [1.807, 2.05) is 13.2 Å². The average Bonchev–Trinajstić information content (AvgIpc) is 2.44. The molecule has 0 aromatic carbocycles. The molecule has 1 aliphatic rings. The van der Waals surface area contributed by atoms with Crippen LogP contribution in [0.4, 0.5) is 0 Å². The highest BCUT2D eigenvalue weighted by molar-refractivity contribution is 8.02. The molecular weight excluding hydrogens is 219 g/mol. The lowest BCUT2D eigenvalue weighted by molar-refractivity contribution is 0.187. The van der Waals surface area contributed by atoms with E-state index < -0.39 is 7.60 Å². The van der Waals surface area contributed by atoms with E-state index in [0.717, 1.165) is 17.7 Å². The second-order valence-corrected chi connectivity index (χ2v) is 5.76. The minimum Gasteiger partial charge on any atom is -0.306 e. The van der Waals surface area contributed by atoms with Gasteiger partial charge < -0.3 is 4.52 Å². The van der Waals surface area contributed by atoms with Gasteiger partial charge in [0, 0.05) is 10.7 Å². The Kier molecular flexibility index (Phi) is 4.71. The summed E-state index contributed by atoms with van der Waals surface area (Å²) < 4.78 is 22.5. The Morgan fingerprint density at radius 1 is 1.64 bits per heavy atom. The lowest BCUT2D eigenvalue weighted by Gasteiger charge is -2.14.